The molecule has 0 aliphatic rings. The summed E-state index contributed by atoms with van der Waals surface area (Å²) in [6.07, 6.45) is 2.59. The van der Waals surface area contributed by atoms with Crippen LogP contribution in [-0.2, 0) is 11.2 Å². The number of anilines is 1. The van der Waals surface area contributed by atoms with Gasteiger partial charge in [0.25, 0.3) is 5.56 Å². The number of amides is 1. The lowest BCUT2D eigenvalue weighted by atomic mass is 10.1. The van der Waals surface area contributed by atoms with Crippen LogP contribution in [0.25, 0.3) is 0 Å². The van der Waals surface area contributed by atoms with Crippen molar-refractivity contribution in [3.63, 3.8) is 0 Å². The molecule has 116 valence electrons. The summed E-state index contributed by atoms with van der Waals surface area (Å²) < 4.78 is 2.21. The molecule has 4 nitrogen and oxygen atoms in total. The largest absolute Gasteiger partial charge is 0.324 e. The Labute approximate surface area is 138 Å². The van der Waals surface area contributed by atoms with Crippen LogP contribution < -0.4 is 10.9 Å². The van der Waals surface area contributed by atoms with Crippen LogP contribution in [0.3, 0.4) is 0 Å². The lowest BCUT2D eigenvalue weighted by Crippen LogP contribution is -2.32. The molecule has 1 heterocycles. The van der Waals surface area contributed by atoms with E-state index in [9.17, 15) is 9.59 Å². The van der Waals surface area contributed by atoms with E-state index >= 15 is 0 Å². The Balaban J connectivity index is 2.20. The summed E-state index contributed by atoms with van der Waals surface area (Å²) in [5, 5.41) is 2.84. The Morgan fingerprint density at radius 2 is 1.95 bits per heavy atom. The van der Waals surface area contributed by atoms with E-state index in [1.54, 1.807) is 26.1 Å². The number of carbonyl (C=O) groups is 1. The fourth-order valence-corrected chi connectivity index (χ4v) is 2.75. The number of hydrogen-bond acceptors (Lipinski definition) is 2. The third-order valence-corrected chi connectivity index (χ3v) is 4.05. The number of aryl methyl sites for hydroxylation is 2. The summed E-state index contributed by atoms with van der Waals surface area (Å²) in [4.78, 5) is 24.5. The van der Waals surface area contributed by atoms with Crippen LogP contribution in [-0.4, -0.2) is 10.5 Å². The minimum absolute atomic E-state index is 0.160. The average Bonchev–Trinajstić information content (AvgIpc) is 2.50. The van der Waals surface area contributed by atoms with Crippen molar-refractivity contribution in [3.05, 3.63) is 62.5 Å². The van der Waals surface area contributed by atoms with Gasteiger partial charge in [0.05, 0.1) is 0 Å². The summed E-state index contributed by atoms with van der Waals surface area (Å²) in [6, 6.07) is 8.87. The lowest BCUT2D eigenvalue weighted by molar-refractivity contribution is -0.118. The third kappa shape index (κ3) is 3.65. The molecule has 1 atom stereocenters. The second kappa shape index (κ2) is 6.92. The molecule has 0 fully saturated rings. The Kier molecular flexibility index (Phi) is 5.19. The average molecular weight is 363 g/mol. The molecule has 0 radical (unpaired) electrons. The highest BCUT2D eigenvalue weighted by molar-refractivity contribution is 9.10. The van der Waals surface area contributed by atoms with Crippen molar-refractivity contribution in [1.82, 2.24) is 4.57 Å². The first kappa shape index (κ1) is 16.5. The number of nitrogens with one attached hydrogen (secondary N) is 1. The molecule has 1 unspecified atom stereocenters. The summed E-state index contributed by atoms with van der Waals surface area (Å²) in [6.45, 7) is 5.53. The smallest absolute Gasteiger partial charge is 0.254 e. The fraction of sp³-hybridized carbons (Fsp3) is 0.294. The Morgan fingerprint density at radius 1 is 1.32 bits per heavy atom. The maximum absolute atomic E-state index is 12.4. The molecule has 0 aliphatic carbocycles. The molecule has 0 saturated heterocycles. The zero-order valence-corrected chi connectivity index (χ0v) is 14.5. The predicted molar refractivity (Wildman–Crippen MR) is 92.3 cm³/mol. The van der Waals surface area contributed by atoms with Crippen molar-refractivity contribution in [2.75, 3.05) is 5.32 Å². The van der Waals surface area contributed by atoms with Crippen LogP contribution in [0.5, 0.6) is 0 Å². The first-order valence-electron chi connectivity index (χ1n) is 7.20. The van der Waals surface area contributed by atoms with Crippen LogP contribution in [0.2, 0.25) is 0 Å². The van der Waals surface area contributed by atoms with Crippen molar-refractivity contribution >= 4 is 27.5 Å². The van der Waals surface area contributed by atoms with Crippen LogP contribution >= 0.6 is 15.9 Å². The second-order valence-electron chi connectivity index (χ2n) is 5.27. The molecule has 0 bridgehead atoms. The van der Waals surface area contributed by atoms with Crippen molar-refractivity contribution in [2.24, 2.45) is 0 Å². The van der Waals surface area contributed by atoms with E-state index in [4.69, 9.17) is 0 Å². The molecule has 1 aromatic carbocycles. The number of pyridine rings is 1. The number of aromatic nitrogens is 1. The molecule has 5 heteroatoms. The maximum atomic E-state index is 12.4. The molecule has 1 aromatic heterocycles. The molecule has 0 aliphatic heterocycles. The van der Waals surface area contributed by atoms with Gasteiger partial charge in [-0.1, -0.05) is 19.1 Å². The Morgan fingerprint density at radius 3 is 2.55 bits per heavy atom. The minimum Gasteiger partial charge on any atom is -0.324 e. The quantitative estimate of drug-likeness (QED) is 0.901. The van der Waals surface area contributed by atoms with Gasteiger partial charge >= 0.3 is 0 Å². The first-order valence-corrected chi connectivity index (χ1v) is 7.99. The first-order chi connectivity index (χ1) is 10.4. The second-order valence-corrected chi connectivity index (χ2v) is 6.19. The molecule has 0 saturated carbocycles. The van der Waals surface area contributed by atoms with Crippen molar-refractivity contribution in [2.45, 2.75) is 33.2 Å². The zero-order chi connectivity index (χ0) is 16.3. The molecule has 1 N–H and O–H groups in total. The van der Waals surface area contributed by atoms with Gasteiger partial charge in [-0.15, -0.1) is 0 Å². The van der Waals surface area contributed by atoms with Gasteiger partial charge in [0.15, 0.2) is 0 Å². The van der Waals surface area contributed by atoms with Crippen molar-refractivity contribution < 1.29 is 4.79 Å². The van der Waals surface area contributed by atoms with E-state index in [0.717, 1.165) is 16.6 Å². The molecule has 22 heavy (non-hydrogen) atoms. The van der Waals surface area contributed by atoms with E-state index in [1.165, 1.54) is 10.1 Å². The highest BCUT2D eigenvalue weighted by Gasteiger charge is 2.17. The van der Waals surface area contributed by atoms with Crippen LogP contribution in [0.4, 0.5) is 5.69 Å². The highest BCUT2D eigenvalue weighted by atomic mass is 79.9. The number of rotatable bonds is 4. The predicted octanol–water partition coefficient (Wildman–Crippen LogP) is 3.68. The normalized spacial score (nSPS) is 12.0. The van der Waals surface area contributed by atoms with Gasteiger partial charge in [0, 0.05) is 21.9 Å². The maximum Gasteiger partial charge on any atom is 0.254 e. The monoisotopic (exact) mass is 362 g/mol. The third-order valence-electron chi connectivity index (χ3n) is 3.62. The van der Waals surface area contributed by atoms with E-state index in [-0.39, 0.29) is 11.5 Å². The van der Waals surface area contributed by atoms with Crippen LogP contribution in [0, 0.1) is 6.92 Å². The standard InChI is InChI=1S/C17H19BrN2O2/c1-4-13-5-7-15(8-6-13)19-16(21)12(3)20-10-14(18)9-11(2)17(20)22/h5-10,12H,4H2,1-3H3,(H,19,21). The summed E-state index contributed by atoms with van der Waals surface area (Å²) >= 11 is 3.36. The van der Waals surface area contributed by atoms with Crippen LogP contribution in [0.15, 0.2) is 45.8 Å². The van der Waals surface area contributed by atoms with Gasteiger partial charge in [-0.2, -0.15) is 0 Å². The van der Waals surface area contributed by atoms with Gasteiger partial charge in [-0.05, 0) is 60.0 Å². The molecular formula is C17H19BrN2O2. The van der Waals surface area contributed by atoms with E-state index in [0.29, 0.717) is 5.56 Å². The van der Waals surface area contributed by atoms with Gasteiger partial charge in [0.2, 0.25) is 5.91 Å². The molecule has 2 aromatic rings. The number of hydrogen-bond donors (Lipinski definition) is 1. The van der Waals surface area contributed by atoms with Gasteiger partial charge in [0.1, 0.15) is 6.04 Å². The summed E-state index contributed by atoms with van der Waals surface area (Å²) in [5.41, 5.74) is 2.38. The molecule has 1 amide bonds. The molecule has 2 rings (SSSR count). The van der Waals surface area contributed by atoms with Gasteiger partial charge in [-0.25, -0.2) is 0 Å². The summed E-state index contributed by atoms with van der Waals surface area (Å²) in [7, 11) is 0. The lowest BCUT2D eigenvalue weighted by Gasteiger charge is -2.16. The fourth-order valence-electron chi connectivity index (χ4n) is 2.19. The minimum atomic E-state index is -0.588. The van der Waals surface area contributed by atoms with E-state index in [2.05, 4.69) is 28.2 Å². The molecule has 0 spiro atoms. The van der Waals surface area contributed by atoms with Crippen molar-refractivity contribution in [1.29, 1.82) is 0 Å². The van der Waals surface area contributed by atoms with E-state index < -0.39 is 6.04 Å². The van der Waals surface area contributed by atoms with Gasteiger partial charge < -0.3 is 9.88 Å². The number of benzene rings is 1. The van der Waals surface area contributed by atoms with Crippen molar-refractivity contribution in [3.8, 4) is 0 Å². The highest BCUT2D eigenvalue weighted by Crippen LogP contribution is 2.15. The van der Waals surface area contributed by atoms with E-state index in [1.807, 2.05) is 24.3 Å². The SMILES string of the molecule is CCc1ccc(NC(=O)C(C)n2cc(Br)cc(C)c2=O)cc1. The number of nitrogens with zero attached hydrogens (tertiary/aromatic N) is 1. The number of carbonyl (C=O) groups excluding carboxylic acids is 1. The zero-order valence-electron chi connectivity index (χ0n) is 12.9. The summed E-state index contributed by atoms with van der Waals surface area (Å²) in [5.74, 6) is -0.219. The van der Waals surface area contributed by atoms with Crippen LogP contribution in [0.1, 0.15) is 31.0 Å². The Hall–Kier alpha value is -1.88. The Bertz CT molecular complexity index is 735. The molecular weight excluding hydrogens is 344 g/mol. The van der Waals surface area contributed by atoms with Gasteiger partial charge in [-0.3, -0.25) is 9.59 Å². The topological polar surface area (TPSA) is 51.1 Å². The number of halogens is 1.